The number of hydrogen-bond donors (Lipinski definition) is 4. The number of ether oxygens (including phenoxy) is 3. The van der Waals surface area contributed by atoms with Crippen LogP contribution < -0.4 is 10.6 Å². The Balaban J connectivity index is 0.820. The molecule has 3 aliphatic heterocycles. The SMILES string of the molecule is COC(=O)N[C@H](C(=O)N1[C@@H]2C[C@@H]2C[C@H]1c1ncc(-c2ccc3cc(-c4ccc(-c5cnc(C6C[C@H]7C[C@H]7N6C(=O)[C@@H](NC(=O)OC)C6C[C@@H](C)O[C@@H](C)C6)[nH]5)cc4)ccc3c2)[nH]1)C(C)C. The van der Waals surface area contributed by atoms with Gasteiger partial charge in [-0.1, -0.05) is 62.4 Å². The maximum Gasteiger partial charge on any atom is 0.407 e. The molecule has 5 fully saturated rings. The van der Waals surface area contributed by atoms with Gasteiger partial charge in [-0.25, -0.2) is 19.6 Å². The van der Waals surface area contributed by atoms with Crippen molar-refractivity contribution in [2.24, 2.45) is 23.7 Å². The predicted molar refractivity (Wildman–Crippen MR) is 243 cm³/mol. The second kappa shape index (κ2) is 17.0. The third-order valence-corrected chi connectivity index (χ3v) is 14.5. The summed E-state index contributed by atoms with van der Waals surface area (Å²) in [4.78, 5) is 73.5. The van der Waals surface area contributed by atoms with Crippen molar-refractivity contribution in [1.82, 2.24) is 40.4 Å². The Hall–Kier alpha value is -6.22. The molecule has 3 aromatic carbocycles. The van der Waals surface area contributed by atoms with Gasteiger partial charge in [0.1, 0.15) is 23.7 Å². The number of carbonyl (C=O) groups excluding carboxylic acids is 4. The second-order valence-electron chi connectivity index (χ2n) is 19.3. The molecule has 15 nitrogen and oxygen atoms in total. The molecule has 4 amide bonds. The minimum atomic E-state index is -0.705. The Labute approximate surface area is 378 Å². The van der Waals surface area contributed by atoms with E-state index in [1.54, 1.807) is 0 Å². The number of fused-ring (bicyclic) bond motifs is 3. The van der Waals surface area contributed by atoms with Crippen LogP contribution in [-0.4, -0.2) is 104 Å². The van der Waals surface area contributed by atoms with Gasteiger partial charge in [0.25, 0.3) is 0 Å². The summed E-state index contributed by atoms with van der Waals surface area (Å²) in [7, 11) is 2.63. The van der Waals surface area contributed by atoms with Crippen LogP contribution in [0, 0.1) is 23.7 Å². The van der Waals surface area contributed by atoms with E-state index in [0.29, 0.717) is 24.7 Å². The summed E-state index contributed by atoms with van der Waals surface area (Å²) in [6.45, 7) is 7.88. The summed E-state index contributed by atoms with van der Waals surface area (Å²) in [5.41, 5.74) is 5.94. The summed E-state index contributed by atoms with van der Waals surface area (Å²) >= 11 is 0. The maximum absolute atomic E-state index is 14.4. The number of hydrogen-bond acceptors (Lipinski definition) is 9. The molecule has 3 saturated heterocycles. The number of aromatic amines is 2. The third-order valence-electron chi connectivity index (χ3n) is 14.5. The molecule has 2 unspecified atom stereocenters. The largest absolute Gasteiger partial charge is 0.453 e. The Bertz CT molecular complexity index is 2610. The molecule has 65 heavy (non-hydrogen) atoms. The van der Waals surface area contributed by atoms with Gasteiger partial charge in [0.05, 0.1) is 62.3 Å². The first kappa shape index (κ1) is 42.7. The Kier molecular flexibility index (Phi) is 11.2. The normalized spacial score (nSPS) is 27.5. The fourth-order valence-electron chi connectivity index (χ4n) is 11.1. The molecule has 15 heteroatoms. The number of benzene rings is 3. The minimum absolute atomic E-state index is 0.01000. The number of methoxy groups -OCH3 is 2. The monoisotopic (exact) mass is 882 g/mol. The molecule has 340 valence electrons. The summed E-state index contributed by atoms with van der Waals surface area (Å²) in [6, 6.07) is 19.8. The van der Waals surface area contributed by atoms with Crippen molar-refractivity contribution in [3.8, 4) is 33.6 Å². The molecule has 4 N–H and O–H groups in total. The summed E-state index contributed by atoms with van der Waals surface area (Å²) in [5, 5.41) is 7.85. The lowest BCUT2D eigenvalue weighted by Gasteiger charge is -2.38. The van der Waals surface area contributed by atoms with Crippen LogP contribution in [0.5, 0.6) is 0 Å². The zero-order valence-electron chi connectivity index (χ0n) is 37.7. The van der Waals surface area contributed by atoms with E-state index in [2.05, 4.69) is 81.3 Å². The highest BCUT2D eigenvalue weighted by Gasteiger charge is 2.58. The van der Waals surface area contributed by atoms with Gasteiger partial charge in [-0.05, 0) is 116 Å². The van der Waals surface area contributed by atoms with Crippen molar-refractivity contribution in [3.63, 3.8) is 0 Å². The Morgan fingerprint density at radius 3 is 1.71 bits per heavy atom. The smallest absolute Gasteiger partial charge is 0.407 e. The van der Waals surface area contributed by atoms with Crippen molar-refractivity contribution in [2.45, 2.75) is 115 Å². The quantitative estimate of drug-likeness (QED) is 0.102. The molecule has 5 aliphatic rings. The van der Waals surface area contributed by atoms with Gasteiger partial charge in [0, 0.05) is 17.6 Å². The standard InChI is InChI=1S/C50H58N8O7/c1-25(2)43(55-49(61)63-5)47(59)57-39-19-34(39)21-41(57)46-52-24-38(54-46)33-14-13-31-17-30(11-12-32(31)18-33)28-7-9-29(10-8-28)37-23-51-45(53-37)42-22-35-20-40(35)58(42)48(60)44(56-50(62)64-6)36-15-26(3)65-27(4)16-36/h7-14,17-18,23-27,34-36,39-44H,15-16,19-22H2,1-6H3,(H,51,53)(H,52,54)(H,55,61)(H,56,62)/t26-,27+,34-,35-,36?,39-,40-,41+,42?,43+,44+/m1/s1. The van der Waals surface area contributed by atoms with Gasteiger partial charge < -0.3 is 44.6 Å². The van der Waals surface area contributed by atoms with Gasteiger partial charge in [-0.3, -0.25) is 9.59 Å². The summed E-state index contributed by atoms with van der Waals surface area (Å²) in [6.07, 6.45) is 7.43. The molecular weight excluding hydrogens is 825 g/mol. The van der Waals surface area contributed by atoms with Crippen LogP contribution in [0.25, 0.3) is 44.4 Å². The average Bonchev–Trinajstić information content (AvgIpc) is 3.89. The lowest BCUT2D eigenvalue weighted by atomic mass is 9.85. The van der Waals surface area contributed by atoms with Crippen molar-refractivity contribution < 1.29 is 33.4 Å². The van der Waals surface area contributed by atoms with Crippen LogP contribution in [0.15, 0.2) is 73.1 Å². The van der Waals surface area contributed by atoms with E-state index in [9.17, 15) is 19.2 Å². The van der Waals surface area contributed by atoms with E-state index in [-0.39, 0.29) is 60.0 Å². The topological polar surface area (TPSA) is 184 Å². The lowest BCUT2D eigenvalue weighted by molar-refractivity contribution is -0.140. The van der Waals surface area contributed by atoms with Crippen molar-refractivity contribution >= 4 is 34.8 Å². The van der Waals surface area contributed by atoms with Crippen LogP contribution in [-0.2, 0) is 23.8 Å². The number of aromatic nitrogens is 4. The van der Waals surface area contributed by atoms with Gasteiger partial charge in [0.15, 0.2) is 0 Å². The van der Waals surface area contributed by atoms with E-state index in [1.165, 1.54) is 14.2 Å². The van der Waals surface area contributed by atoms with E-state index in [1.807, 2.05) is 49.9 Å². The molecule has 11 atom stereocenters. The van der Waals surface area contributed by atoms with Crippen molar-refractivity contribution in [1.29, 1.82) is 0 Å². The number of likely N-dealkylation sites (tertiary alicyclic amines) is 2. The van der Waals surface area contributed by atoms with E-state index in [0.717, 1.165) is 81.7 Å². The average molecular weight is 883 g/mol. The molecular formula is C50H58N8O7. The summed E-state index contributed by atoms with van der Waals surface area (Å²) < 4.78 is 15.8. The molecule has 5 heterocycles. The van der Waals surface area contributed by atoms with E-state index in [4.69, 9.17) is 24.2 Å². The van der Waals surface area contributed by atoms with Crippen LogP contribution in [0.2, 0.25) is 0 Å². The van der Waals surface area contributed by atoms with Crippen LogP contribution in [0.4, 0.5) is 9.59 Å². The van der Waals surface area contributed by atoms with Crippen LogP contribution >= 0.6 is 0 Å². The summed E-state index contributed by atoms with van der Waals surface area (Å²) in [5.74, 6) is 2.04. The highest BCUT2D eigenvalue weighted by molar-refractivity contribution is 5.91. The number of piperidine rings is 2. The molecule has 10 rings (SSSR count). The van der Waals surface area contributed by atoms with E-state index >= 15 is 0 Å². The molecule has 0 spiro atoms. The van der Waals surface area contributed by atoms with Crippen LogP contribution in [0.3, 0.4) is 0 Å². The number of carbonyl (C=O) groups is 4. The fraction of sp³-hybridized carbons (Fsp3) is 0.480. The third kappa shape index (κ3) is 8.23. The number of amides is 4. The van der Waals surface area contributed by atoms with Crippen molar-refractivity contribution in [2.75, 3.05) is 14.2 Å². The molecule has 2 aromatic heterocycles. The van der Waals surface area contributed by atoms with Gasteiger partial charge >= 0.3 is 12.2 Å². The highest BCUT2D eigenvalue weighted by atomic mass is 16.5. The van der Waals surface area contributed by atoms with Gasteiger partial charge in [-0.15, -0.1) is 0 Å². The first-order chi connectivity index (χ1) is 31.4. The number of nitrogens with zero attached hydrogens (tertiary/aromatic N) is 4. The van der Waals surface area contributed by atoms with Gasteiger partial charge in [-0.2, -0.15) is 0 Å². The Morgan fingerprint density at radius 1 is 0.646 bits per heavy atom. The minimum Gasteiger partial charge on any atom is -0.453 e. The van der Waals surface area contributed by atoms with Gasteiger partial charge in [0.2, 0.25) is 11.8 Å². The zero-order valence-corrected chi connectivity index (χ0v) is 37.7. The molecule has 2 saturated carbocycles. The van der Waals surface area contributed by atoms with E-state index < -0.39 is 24.3 Å². The number of alkyl carbamates (subject to hydrolysis) is 2. The molecule has 0 radical (unpaired) electrons. The first-order valence-electron chi connectivity index (χ1n) is 23.1. The molecule has 2 aliphatic carbocycles. The number of nitrogens with one attached hydrogen (secondary N) is 4. The van der Waals surface area contributed by atoms with Crippen LogP contribution in [0.1, 0.15) is 90.0 Å². The lowest BCUT2D eigenvalue weighted by Crippen LogP contribution is -2.55. The fourth-order valence-corrected chi connectivity index (χ4v) is 11.1. The van der Waals surface area contributed by atoms with Crippen molar-refractivity contribution in [3.05, 3.63) is 84.7 Å². The zero-order chi connectivity index (χ0) is 45.3. The predicted octanol–water partition coefficient (Wildman–Crippen LogP) is 7.92. The second-order valence-corrected chi connectivity index (χ2v) is 19.3. The number of H-pyrrole nitrogens is 2. The first-order valence-corrected chi connectivity index (χ1v) is 23.1. The molecule has 0 bridgehead atoms. The molecule has 5 aromatic rings. The highest BCUT2D eigenvalue weighted by Crippen LogP contribution is 2.55. The number of imidazole rings is 2. The maximum atomic E-state index is 14.4. The Morgan fingerprint density at radius 2 is 1.14 bits per heavy atom. The number of rotatable bonds is 11.